The third-order valence-corrected chi connectivity index (χ3v) is 2.17. The van der Waals surface area contributed by atoms with Crippen molar-refractivity contribution in [3.05, 3.63) is 5.56 Å². The van der Waals surface area contributed by atoms with Crippen LogP contribution in [0.25, 0.3) is 0 Å². The topological polar surface area (TPSA) is 79.7 Å². The fourth-order valence-corrected chi connectivity index (χ4v) is 1.35. The molecule has 82 valence electrons. The highest BCUT2D eigenvalue weighted by Gasteiger charge is 2.13. The van der Waals surface area contributed by atoms with Crippen molar-refractivity contribution < 1.29 is 0 Å². The van der Waals surface area contributed by atoms with E-state index in [1.165, 1.54) is 0 Å². The van der Waals surface area contributed by atoms with Crippen molar-refractivity contribution in [3.63, 3.8) is 0 Å². The fourth-order valence-electron chi connectivity index (χ4n) is 1.35. The summed E-state index contributed by atoms with van der Waals surface area (Å²) in [5.41, 5.74) is 6.28. The van der Waals surface area contributed by atoms with Crippen LogP contribution < -0.4 is 11.1 Å². The van der Waals surface area contributed by atoms with Crippen molar-refractivity contribution in [1.82, 2.24) is 9.78 Å². The molecule has 1 rings (SSSR count). The van der Waals surface area contributed by atoms with Gasteiger partial charge in [0.1, 0.15) is 17.5 Å². The van der Waals surface area contributed by atoms with Gasteiger partial charge in [-0.15, -0.1) is 0 Å². The molecular formula is C10H17N5. The lowest BCUT2D eigenvalue weighted by Crippen LogP contribution is -2.05. The SMILES string of the molecule is CCCCn1nc(NCC)c(C#N)c1N. The minimum absolute atomic E-state index is 0.452. The van der Waals surface area contributed by atoms with Crippen molar-refractivity contribution in [2.45, 2.75) is 33.2 Å². The second kappa shape index (κ2) is 5.25. The van der Waals surface area contributed by atoms with Gasteiger partial charge in [0.15, 0.2) is 5.82 Å². The first kappa shape index (κ1) is 11.4. The van der Waals surface area contributed by atoms with Crippen LogP contribution in [0.4, 0.5) is 11.6 Å². The number of nitrogens with zero attached hydrogens (tertiary/aromatic N) is 3. The number of anilines is 2. The van der Waals surface area contributed by atoms with Crippen molar-refractivity contribution >= 4 is 11.6 Å². The van der Waals surface area contributed by atoms with Crippen molar-refractivity contribution in [2.24, 2.45) is 0 Å². The van der Waals surface area contributed by atoms with Gasteiger partial charge in [-0.3, -0.25) is 0 Å². The van der Waals surface area contributed by atoms with E-state index in [0.29, 0.717) is 17.2 Å². The van der Waals surface area contributed by atoms with Gasteiger partial charge >= 0.3 is 0 Å². The van der Waals surface area contributed by atoms with Crippen molar-refractivity contribution in [1.29, 1.82) is 5.26 Å². The summed E-state index contributed by atoms with van der Waals surface area (Å²) in [6.07, 6.45) is 2.10. The van der Waals surface area contributed by atoms with E-state index in [4.69, 9.17) is 11.0 Å². The Labute approximate surface area is 89.9 Å². The zero-order valence-corrected chi connectivity index (χ0v) is 9.25. The summed E-state index contributed by atoms with van der Waals surface area (Å²) in [5.74, 6) is 1.05. The minimum atomic E-state index is 0.452. The summed E-state index contributed by atoms with van der Waals surface area (Å²) < 4.78 is 1.69. The number of hydrogen-bond acceptors (Lipinski definition) is 4. The van der Waals surface area contributed by atoms with Gasteiger partial charge in [-0.2, -0.15) is 10.4 Å². The van der Waals surface area contributed by atoms with Crippen LogP contribution in [-0.4, -0.2) is 16.3 Å². The summed E-state index contributed by atoms with van der Waals surface area (Å²) in [7, 11) is 0. The molecule has 0 amide bonds. The predicted octanol–water partition coefficient (Wildman–Crippen LogP) is 1.57. The average Bonchev–Trinajstić information content (AvgIpc) is 2.52. The molecule has 1 aromatic rings. The molecule has 0 saturated heterocycles. The van der Waals surface area contributed by atoms with Gasteiger partial charge in [0, 0.05) is 13.1 Å². The Hall–Kier alpha value is -1.70. The first-order valence-electron chi connectivity index (χ1n) is 5.24. The number of nitriles is 1. The lowest BCUT2D eigenvalue weighted by molar-refractivity contribution is 0.580. The molecule has 3 N–H and O–H groups in total. The number of aromatic nitrogens is 2. The molecule has 0 aliphatic heterocycles. The second-order valence-corrected chi connectivity index (χ2v) is 3.33. The zero-order chi connectivity index (χ0) is 11.3. The van der Waals surface area contributed by atoms with E-state index in [0.717, 1.165) is 25.9 Å². The van der Waals surface area contributed by atoms with Gasteiger partial charge in [0.2, 0.25) is 0 Å². The maximum atomic E-state index is 8.94. The summed E-state index contributed by atoms with van der Waals surface area (Å²) in [5, 5.41) is 16.2. The Morgan fingerprint density at radius 1 is 1.53 bits per heavy atom. The van der Waals surface area contributed by atoms with Crippen LogP contribution in [0.15, 0.2) is 0 Å². The number of nitrogen functional groups attached to an aromatic ring is 1. The zero-order valence-electron chi connectivity index (χ0n) is 9.25. The van der Waals surface area contributed by atoms with E-state index >= 15 is 0 Å². The monoisotopic (exact) mass is 207 g/mol. The third-order valence-electron chi connectivity index (χ3n) is 2.17. The number of hydrogen-bond donors (Lipinski definition) is 2. The molecule has 0 spiro atoms. The molecule has 1 heterocycles. The molecule has 1 aromatic heterocycles. The number of nitrogens with one attached hydrogen (secondary N) is 1. The molecule has 5 nitrogen and oxygen atoms in total. The molecular weight excluding hydrogens is 190 g/mol. The Kier molecular flexibility index (Phi) is 3.98. The predicted molar refractivity (Wildman–Crippen MR) is 60.4 cm³/mol. The normalized spacial score (nSPS) is 9.93. The summed E-state index contributed by atoms with van der Waals surface area (Å²) in [6, 6.07) is 2.07. The molecule has 0 aromatic carbocycles. The first-order valence-corrected chi connectivity index (χ1v) is 5.24. The van der Waals surface area contributed by atoms with Crippen molar-refractivity contribution in [2.75, 3.05) is 17.6 Å². The highest BCUT2D eigenvalue weighted by atomic mass is 15.3. The van der Waals surface area contributed by atoms with Crippen LogP contribution in [0, 0.1) is 11.3 Å². The highest BCUT2D eigenvalue weighted by Crippen LogP contribution is 2.20. The lowest BCUT2D eigenvalue weighted by Gasteiger charge is -2.01. The Balaban J connectivity index is 2.94. The minimum Gasteiger partial charge on any atom is -0.383 e. The van der Waals surface area contributed by atoms with E-state index < -0.39 is 0 Å². The van der Waals surface area contributed by atoms with Gasteiger partial charge < -0.3 is 11.1 Å². The third kappa shape index (κ3) is 2.40. The first-order chi connectivity index (χ1) is 7.24. The number of nitrogens with two attached hydrogens (primary N) is 1. The van der Waals surface area contributed by atoms with Gasteiger partial charge in [-0.25, -0.2) is 4.68 Å². The van der Waals surface area contributed by atoms with Crippen LogP contribution in [0.5, 0.6) is 0 Å². The average molecular weight is 207 g/mol. The van der Waals surface area contributed by atoms with E-state index in [2.05, 4.69) is 23.4 Å². The molecule has 0 atom stereocenters. The van der Waals surface area contributed by atoms with Crippen LogP contribution in [0.2, 0.25) is 0 Å². The van der Waals surface area contributed by atoms with Gasteiger partial charge in [0.25, 0.3) is 0 Å². The Morgan fingerprint density at radius 3 is 2.80 bits per heavy atom. The Bertz CT molecular complexity index is 361. The van der Waals surface area contributed by atoms with Crippen molar-refractivity contribution in [3.8, 4) is 6.07 Å². The summed E-state index contributed by atoms with van der Waals surface area (Å²) in [6.45, 7) is 5.57. The maximum absolute atomic E-state index is 8.94. The van der Waals surface area contributed by atoms with Gasteiger partial charge in [-0.05, 0) is 13.3 Å². The molecule has 0 fully saturated rings. The second-order valence-electron chi connectivity index (χ2n) is 3.33. The quantitative estimate of drug-likeness (QED) is 0.768. The summed E-state index contributed by atoms with van der Waals surface area (Å²) >= 11 is 0. The molecule has 5 heteroatoms. The molecule has 0 saturated carbocycles. The summed E-state index contributed by atoms with van der Waals surface area (Å²) in [4.78, 5) is 0. The fraction of sp³-hybridized carbons (Fsp3) is 0.600. The molecule has 0 aliphatic rings. The molecule has 0 bridgehead atoms. The molecule has 0 aliphatic carbocycles. The van der Waals surface area contributed by atoms with Crippen LogP contribution in [0.3, 0.4) is 0 Å². The largest absolute Gasteiger partial charge is 0.383 e. The standard InChI is InChI=1S/C10H17N5/c1-3-5-6-15-9(12)8(7-11)10(14-15)13-4-2/h3-6,12H2,1-2H3,(H,13,14). The number of aryl methyl sites for hydroxylation is 1. The lowest BCUT2D eigenvalue weighted by atomic mass is 10.3. The highest BCUT2D eigenvalue weighted by molar-refractivity contribution is 5.63. The number of unbranched alkanes of at least 4 members (excludes halogenated alkanes) is 1. The Morgan fingerprint density at radius 2 is 2.27 bits per heavy atom. The van der Waals surface area contributed by atoms with Gasteiger partial charge in [0.05, 0.1) is 0 Å². The maximum Gasteiger partial charge on any atom is 0.168 e. The molecule has 15 heavy (non-hydrogen) atoms. The smallest absolute Gasteiger partial charge is 0.168 e. The molecule has 0 unspecified atom stereocenters. The van der Waals surface area contributed by atoms with E-state index in [1.54, 1.807) is 4.68 Å². The van der Waals surface area contributed by atoms with Crippen LogP contribution in [0.1, 0.15) is 32.3 Å². The van der Waals surface area contributed by atoms with E-state index in [1.807, 2.05) is 6.92 Å². The van der Waals surface area contributed by atoms with Crippen LogP contribution in [-0.2, 0) is 6.54 Å². The van der Waals surface area contributed by atoms with E-state index in [-0.39, 0.29) is 0 Å². The van der Waals surface area contributed by atoms with Gasteiger partial charge in [-0.1, -0.05) is 13.3 Å². The number of rotatable bonds is 5. The van der Waals surface area contributed by atoms with Crippen LogP contribution >= 0.6 is 0 Å². The molecule has 0 radical (unpaired) electrons. The van der Waals surface area contributed by atoms with E-state index in [9.17, 15) is 0 Å².